The molecule has 1 amide bonds. The molecule has 1 aliphatic rings. The molecule has 0 aliphatic carbocycles. The van der Waals surface area contributed by atoms with E-state index in [-0.39, 0.29) is 11.3 Å². The molecule has 0 bridgehead atoms. The second-order valence-electron chi connectivity index (χ2n) is 8.23. The summed E-state index contributed by atoms with van der Waals surface area (Å²) in [5, 5.41) is 6.32. The highest BCUT2D eigenvalue weighted by Crippen LogP contribution is 2.12. The first-order valence-corrected chi connectivity index (χ1v) is 10.6. The molecule has 1 aromatic carbocycles. The zero-order valence-electron chi connectivity index (χ0n) is 18.4. The van der Waals surface area contributed by atoms with Gasteiger partial charge in [0.2, 0.25) is 5.91 Å². The van der Waals surface area contributed by atoms with E-state index in [0.29, 0.717) is 19.7 Å². The van der Waals surface area contributed by atoms with E-state index >= 15 is 0 Å². The maximum atomic E-state index is 11.9. The number of guanidine groups is 1. The smallest absolute Gasteiger partial charge is 0.225 e. The van der Waals surface area contributed by atoms with Crippen molar-refractivity contribution in [3.63, 3.8) is 0 Å². The number of benzene rings is 1. The highest BCUT2D eigenvalue weighted by Gasteiger charge is 2.21. The van der Waals surface area contributed by atoms with Crippen molar-refractivity contribution in [2.75, 3.05) is 59.0 Å². The third-order valence-electron chi connectivity index (χ3n) is 4.77. The van der Waals surface area contributed by atoms with Crippen molar-refractivity contribution in [3.8, 4) is 5.75 Å². The van der Waals surface area contributed by atoms with Gasteiger partial charge in [-0.25, -0.2) is 0 Å². The second kappa shape index (κ2) is 11.7. The molecule has 2 rings (SSSR count). The second-order valence-corrected chi connectivity index (χ2v) is 8.23. The van der Waals surface area contributed by atoms with E-state index in [4.69, 9.17) is 9.73 Å². The predicted octanol–water partition coefficient (Wildman–Crippen LogP) is 1.81. The number of hydrogen-bond donors (Lipinski definition) is 2. The Bertz CT molecular complexity index is 634. The zero-order valence-corrected chi connectivity index (χ0v) is 18.4. The number of carbonyl (C=O) groups is 1. The monoisotopic (exact) mass is 403 g/mol. The number of piperazine rings is 1. The number of aliphatic imine (C=N–C) groups is 1. The summed E-state index contributed by atoms with van der Waals surface area (Å²) in [5.74, 6) is 1.91. The SMILES string of the molecule is CCNC(=NCCNC(=O)C(C)(C)C)N1CCN(CCOc2ccccc2)CC1. The van der Waals surface area contributed by atoms with Crippen molar-refractivity contribution in [3.05, 3.63) is 30.3 Å². The van der Waals surface area contributed by atoms with Gasteiger partial charge in [-0.3, -0.25) is 14.7 Å². The number of rotatable bonds is 8. The maximum absolute atomic E-state index is 11.9. The van der Waals surface area contributed by atoms with Crippen LogP contribution in [0.25, 0.3) is 0 Å². The van der Waals surface area contributed by atoms with Crippen LogP contribution in [0.15, 0.2) is 35.3 Å². The Hall–Kier alpha value is -2.28. The standard InChI is InChI=1S/C22H37N5O2/c1-5-23-21(25-12-11-24-20(28)22(2,3)4)27-15-13-26(14-16-27)17-18-29-19-9-7-6-8-10-19/h6-10H,5,11-18H2,1-4H3,(H,23,25)(H,24,28). The van der Waals surface area contributed by atoms with Crippen LogP contribution in [-0.4, -0.2) is 80.6 Å². The van der Waals surface area contributed by atoms with E-state index in [1.807, 2.05) is 51.1 Å². The maximum Gasteiger partial charge on any atom is 0.225 e. The van der Waals surface area contributed by atoms with E-state index in [1.165, 1.54) is 0 Å². The fourth-order valence-corrected chi connectivity index (χ4v) is 3.01. The molecule has 7 nitrogen and oxygen atoms in total. The lowest BCUT2D eigenvalue weighted by Crippen LogP contribution is -2.53. The zero-order chi connectivity index (χ0) is 21.1. The van der Waals surface area contributed by atoms with Crippen LogP contribution in [0.4, 0.5) is 0 Å². The number of carbonyl (C=O) groups excluding carboxylic acids is 1. The Labute approximate surface area is 175 Å². The summed E-state index contributed by atoms with van der Waals surface area (Å²) in [6.45, 7) is 15.3. The van der Waals surface area contributed by atoms with Crippen molar-refractivity contribution >= 4 is 11.9 Å². The first-order chi connectivity index (χ1) is 13.9. The Morgan fingerprint density at radius 3 is 2.41 bits per heavy atom. The van der Waals surface area contributed by atoms with Gasteiger partial charge in [0.25, 0.3) is 0 Å². The van der Waals surface area contributed by atoms with Crippen LogP contribution in [0.5, 0.6) is 5.75 Å². The van der Waals surface area contributed by atoms with Crippen molar-refractivity contribution in [2.24, 2.45) is 10.4 Å². The normalized spacial score (nSPS) is 15.9. The topological polar surface area (TPSA) is 69.2 Å². The van der Waals surface area contributed by atoms with Crippen molar-refractivity contribution in [1.82, 2.24) is 20.4 Å². The first-order valence-electron chi connectivity index (χ1n) is 10.6. The largest absolute Gasteiger partial charge is 0.492 e. The number of hydrogen-bond acceptors (Lipinski definition) is 4. The van der Waals surface area contributed by atoms with Gasteiger partial charge in [0, 0.05) is 51.2 Å². The fraction of sp³-hybridized carbons (Fsp3) is 0.636. The lowest BCUT2D eigenvalue weighted by Gasteiger charge is -2.36. The average Bonchev–Trinajstić information content (AvgIpc) is 2.71. The molecule has 29 heavy (non-hydrogen) atoms. The first kappa shape index (κ1) is 23.0. The van der Waals surface area contributed by atoms with Crippen molar-refractivity contribution in [1.29, 1.82) is 0 Å². The molecule has 1 heterocycles. The quantitative estimate of drug-likeness (QED) is 0.394. The Morgan fingerprint density at radius 1 is 1.10 bits per heavy atom. The highest BCUT2D eigenvalue weighted by molar-refractivity contribution is 5.81. The molecule has 0 unspecified atom stereocenters. The van der Waals surface area contributed by atoms with Gasteiger partial charge in [0.15, 0.2) is 5.96 Å². The van der Waals surface area contributed by atoms with Gasteiger partial charge in [0.1, 0.15) is 12.4 Å². The molecule has 2 N–H and O–H groups in total. The predicted molar refractivity (Wildman–Crippen MR) is 118 cm³/mol. The molecule has 7 heteroatoms. The molecule has 0 atom stereocenters. The Morgan fingerprint density at radius 2 is 1.79 bits per heavy atom. The van der Waals surface area contributed by atoms with Crippen molar-refractivity contribution in [2.45, 2.75) is 27.7 Å². The summed E-state index contributed by atoms with van der Waals surface area (Å²) in [5.41, 5.74) is -0.366. The van der Waals surface area contributed by atoms with Crippen LogP contribution < -0.4 is 15.4 Å². The van der Waals surface area contributed by atoms with Gasteiger partial charge in [-0.15, -0.1) is 0 Å². The lowest BCUT2D eigenvalue weighted by molar-refractivity contribution is -0.128. The summed E-state index contributed by atoms with van der Waals surface area (Å²) in [7, 11) is 0. The molecule has 0 radical (unpaired) electrons. The molecule has 0 spiro atoms. The Kier molecular flexibility index (Phi) is 9.25. The van der Waals surface area contributed by atoms with Crippen LogP contribution in [0.2, 0.25) is 0 Å². The number of amides is 1. The third kappa shape index (κ3) is 8.31. The molecule has 162 valence electrons. The fourth-order valence-electron chi connectivity index (χ4n) is 3.01. The van der Waals surface area contributed by atoms with Gasteiger partial charge < -0.3 is 20.3 Å². The summed E-state index contributed by atoms with van der Waals surface area (Å²) in [6.07, 6.45) is 0. The molecule has 0 aromatic heterocycles. The highest BCUT2D eigenvalue weighted by atomic mass is 16.5. The van der Waals surface area contributed by atoms with E-state index in [1.54, 1.807) is 0 Å². The molecular weight excluding hydrogens is 366 g/mol. The van der Waals surface area contributed by atoms with E-state index in [0.717, 1.165) is 51.0 Å². The third-order valence-corrected chi connectivity index (χ3v) is 4.77. The average molecular weight is 404 g/mol. The minimum Gasteiger partial charge on any atom is -0.492 e. The van der Waals surface area contributed by atoms with Gasteiger partial charge >= 0.3 is 0 Å². The van der Waals surface area contributed by atoms with E-state index in [9.17, 15) is 4.79 Å². The molecule has 1 aliphatic heterocycles. The van der Waals surface area contributed by atoms with Gasteiger partial charge in [-0.05, 0) is 19.1 Å². The number of ether oxygens (including phenoxy) is 1. The van der Waals surface area contributed by atoms with Crippen LogP contribution in [0, 0.1) is 5.41 Å². The summed E-state index contributed by atoms with van der Waals surface area (Å²) < 4.78 is 5.80. The Balaban J connectivity index is 1.71. The molecular formula is C22H37N5O2. The minimum absolute atomic E-state index is 0.0593. The van der Waals surface area contributed by atoms with Gasteiger partial charge in [-0.1, -0.05) is 39.0 Å². The minimum atomic E-state index is -0.366. The molecule has 1 aromatic rings. The number of para-hydroxylation sites is 1. The summed E-state index contributed by atoms with van der Waals surface area (Å²) in [6, 6.07) is 9.95. The van der Waals surface area contributed by atoms with Crippen LogP contribution in [-0.2, 0) is 4.79 Å². The van der Waals surface area contributed by atoms with E-state index in [2.05, 4.69) is 27.4 Å². The molecule has 1 saturated heterocycles. The number of nitrogens with zero attached hydrogens (tertiary/aromatic N) is 3. The van der Waals surface area contributed by atoms with Crippen LogP contribution in [0.3, 0.4) is 0 Å². The summed E-state index contributed by atoms with van der Waals surface area (Å²) >= 11 is 0. The lowest BCUT2D eigenvalue weighted by atomic mass is 9.96. The molecule has 1 fully saturated rings. The van der Waals surface area contributed by atoms with E-state index < -0.39 is 0 Å². The van der Waals surface area contributed by atoms with Crippen molar-refractivity contribution < 1.29 is 9.53 Å². The molecule has 0 saturated carbocycles. The van der Waals surface area contributed by atoms with Gasteiger partial charge in [0.05, 0.1) is 6.54 Å². The van der Waals surface area contributed by atoms with Gasteiger partial charge in [-0.2, -0.15) is 0 Å². The number of nitrogens with one attached hydrogen (secondary N) is 2. The van der Waals surface area contributed by atoms with Crippen LogP contribution in [0.1, 0.15) is 27.7 Å². The van der Waals surface area contributed by atoms with Crippen LogP contribution >= 0.6 is 0 Å². The summed E-state index contributed by atoms with van der Waals surface area (Å²) in [4.78, 5) is 21.4.